The maximum absolute atomic E-state index is 12.8. The Morgan fingerprint density at radius 3 is 2.29 bits per heavy atom. The van der Waals surface area contributed by atoms with Gasteiger partial charge in [0.05, 0.1) is 18.7 Å². The van der Waals surface area contributed by atoms with E-state index in [0.717, 1.165) is 24.0 Å². The summed E-state index contributed by atoms with van der Waals surface area (Å²) in [6.07, 6.45) is 2.50. The van der Waals surface area contributed by atoms with Crippen LogP contribution in [-0.4, -0.2) is 22.5 Å². The van der Waals surface area contributed by atoms with Crippen molar-refractivity contribution in [1.82, 2.24) is 4.90 Å². The van der Waals surface area contributed by atoms with Gasteiger partial charge in [-0.05, 0) is 23.5 Å². The van der Waals surface area contributed by atoms with Gasteiger partial charge in [-0.3, -0.25) is 4.79 Å². The van der Waals surface area contributed by atoms with Crippen molar-refractivity contribution in [3.8, 4) is 0 Å². The lowest BCUT2D eigenvalue weighted by Crippen LogP contribution is -2.46. The quantitative estimate of drug-likeness (QED) is 0.899. The summed E-state index contributed by atoms with van der Waals surface area (Å²) >= 11 is 0. The summed E-state index contributed by atoms with van der Waals surface area (Å²) < 4.78 is 0. The summed E-state index contributed by atoms with van der Waals surface area (Å²) in [5.74, 6) is 0.555. The van der Waals surface area contributed by atoms with E-state index in [1.54, 1.807) is 0 Å². The van der Waals surface area contributed by atoms with Crippen molar-refractivity contribution in [2.75, 3.05) is 6.61 Å². The van der Waals surface area contributed by atoms with Gasteiger partial charge in [0.15, 0.2) is 0 Å². The Morgan fingerprint density at radius 1 is 1.08 bits per heavy atom. The predicted molar refractivity (Wildman–Crippen MR) is 95.3 cm³/mol. The van der Waals surface area contributed by atoms with E-state index in [0.29, 0.717) is 12.3 Å². The largest absolute Gasteiger partial charge is 0.394 e. The molecule has 2 aromatic carbocycles. The van der Waals surface area contributed by atoms with Crippen molar-refractivity contribution in [3.63, 3.8) is 0 Å². The van der Waals surface area contributed by atoms with Gasteiger partial charge >= 0.3 is 0 Å². The Hall–Kier alpha value is -2.13. The fourth-order valence-electron chi connectivity index (χ4n) is 3.89. The second kappa shape index (κ2) is 7.63. The lowest BCUT2D eigenvalue weighted by molar-refractivity contribution is -0.144. The van der Waals surface area contributed by atoms with E-state index in [1.807, 2.05) is 53.4 Å². The highest BCUT2D eigenvalue weighted by Crippen LogP contribution is 2.42. The highest BCUT2D eigenvalue weighted by molar-refractivity contribution is 5.78. The molecular weight excluding hydrogens is 298 g/mol. The van der Waals surface area contributed by atoms with E-state index >= 15 is 0 Å². The predicted octanol–water partition coefficient (Wildman–Crippen LogP) is 4.11. The third-order valence-corrected chi connectivity index (χ3v) is 5.12. The number of likely N-dealkylation sites (tertiary alicyclic amines) is 1. The summed E-state index contributed by atoms with van der Waals surface area (Å²) in [7, 11) is 0. The highest BCUT2D eigenvalue weighted by atomic mass is 16.3. The zero-order valence-corrected chi connectivity index (χ0v) is 14.1. The Morgan fingerprint density at radius 2 is 1.71 bits per heavy atom. The van der Waals surface area contributed by atoms with Crippen molar-refractivity contribution in [1.29, 1.82) is 0 Å². The number of piperidine rings is 1. The summed E-state index contributed by atoms with van der Waals surface area (Å²) in [6, 6.07) is 19.8. The van der Waals surface area contributed by atoms with Crippen LogP contribution in [0.15, 0.2) is 60.7 Å². The molecule has 1 saturated heterocycles. The van der Waals surface area contributed by atoms with Gasteiger partial charge in [0.1, 0.15) is 0 Å². The van der Waals surface area contributed by atoms with E-state index in [4.69, 9.17) is 0 Å². The number of rotatable bonds is 5. The number of aliphatic hydroxyl groups excluding tert-OH is 1. The number of hydrogen-bond acceptors (Lipinski definition) is 2. The van der Waals surface area contributed by atoms with Crippen LogP contribution in [0.2, 0.25) is 0 Å². The van der Waals surface area contributed by atoms with E-state index in [1.165, 1.54) is 0 Å². The number of hydrogen-bond donors (Lipinski definition) is 1. The Bertz CT molecular complexity index is 656. The third kappa shape index (κ3) is 3.22. The summed E-state index contributed by atoms with van der Waals surface area (Å²) in [5, 5.41) is 10.1. The highest BCUT2D eigenvalue weighted by Gasteiger charge is 2.39. The van der Waals surface area contributed by atoms with Gasteiger partial charge in [0.25, 0.3) is 0 Å². The molecule has 0 unspecified atom stereocenters. The van der Waals surface area contributed by atoms with Crippen LogP contribution in [0.4, 0.5) is 0 Å². The molecule has 3 heteroatoms. The van der Waals surface area contributed by atoms with Gasteiger partial charge in [0, 0.05) is 6.42 Å². The van der Waals surface area contributed by atoms with Crippen LogP contribution < -0.4 is 0 Å². The first-order chi connectivity index (χ1) is 11.8. The second-order valence-electron chi connectivity index (χ2n) is 6.47. The van der Waals surface area contributed by atoms with Gasteiger partial charge in [-0.25, -0.2) is 0 Å². The second-order valence-corrected chi connectivity index (χ2v) is 6.47. The van der Waals surface area contributed by atoms with E-state index in [9.17, 15) is 9.90 Å². The molecule has 0 saturated carbocycles. The molecule has 1 N–H and O–H groups in total. The van der Waals surface area contributed by atoms with Crippen LogP contribution in [-0.2, 0) is 4.79 Å². The standard InChI is InChI=1S/C21H25NO2/c1-2-16-13-14-20(24)22(21(16)18-11-7-4-8-12-18)19(15-23)17-9-5-3-6-10-17/h3-12,16,19,21,23H,2,13-15H2,1H3/t16-,19+,21-/m1/s1. The van der Waals surface area contributed by atoms with E-state index in [-0.39, 0.29) is 24.6 Å². The van der Waals surface area contributed by atoms with Crippen LogP contribution in [0.3, 0.4) is 0 Å². The van der Waals surface area contributed by atoms with Gasteiger partial charge < -0.3 is 10.0 Å². The summed E-state index contributed by atoms with van der Waals surface area (Å²) in [5.41, 5.74) is 2.15. The molecule has 3 rings (SSSR count). The van der Waals surface area contributed by atoms with Crippen LogP contribution in [0.5, 0.6) is 0 Å². The molecule has 1 fully saturated rings. The molecule has 1 heterocycles. The molecule has 2 aromatic rings. The van der Waals surface area contributed by atoms with Crippen LogP contribution >= 0.6 is 0 Å². The van der Waals surface area contributed by atoms with Crippen LogP contribution in [0, 0.1) is 5.92 Å². The molecule has 0 radical (unpaired) electrons. The van der Waals surface area contributed by atoms with Gasteiger partial charge in [-0.15, -0.1) is 0 Å². The molecule has 0 aliphatic carbocycles. The maximum Gasteiger partial charge on any atom is 0.223 e. The van der Waals surface area contributed by atoms with Gasteiger partial charge in [-0.2, -0.15) is 0 Å². The molecule has 24 heavy (non-hydrogen) atoms. The zero-order valence-electron chi connectivity index (χ0n) is 14.1. The van der Waals surface area contributed by atoms with Crippen molar-refractivity contribution in [3.05, 3.63) is 71.8 Å². The molecule has 1 amide bonds. The lowest BCUT2D eigenvalue weighted by atomic mass is 9.81. The van der Waals surface area contributed by atoms with Crippen molar-refractivity contribution in [2.45, 2.75) is 38.3 Å². The summed E-state index contributed by atoms with van der Waals surface area (Å²) in [4.78, 5) is 14.8. The SMILES string of the molecule is CC[C@@H]1CCC(=O)N([C@@H](CO)c2ccccc2)[C@H]1c1ccccc1. The average Bonchev–Trinajstić information content (AvgIpc) is 2.65. The molecule has 0 bridgehead atoms. The fraction of sp³-hybridized carbons (Fsp3) is 0.381. The minimum atomic E-state index is -0.293. The number of benzene rings is 2. The average molecular weight is 323 g/mol. The first kappa shape index (κ1) is 16.7. The lowest BCUT2D eigenvalue weighted by Gasteiger charge is -2.45. The normalized spacial score (nSPS) is 22.4. The van der Waals surface area contributed by atoms with Gasteiger partial charge in [-0.1, -0.05) is 74.0 Å². The number of amides is 1. The van der Waals surface area contributed by atoms with Crippen molar-refractivity contribution < 1.29 is 9.90 Å². The molecule has 3 atom stereocenters. The van der Waals surface area contributed by atoms with E-state index in [2.05, 4.69) is 19.1 Å². The molecule has 126 valence electrons. The molecule has 0 aromatic heterocycles. The number of aliphatic hydroxyl groups is 1. The van der Waals surface area contributed by atoms with Crippen molar-refractivity contribution in [2.24, 2.45) is 5.92 Å². The Balaban J connectivity index is 2.04. The molecule has 1 aliphatic heterocycles. The number of nitrogens with zero attached hydrogens (tertiary/aromatic N) is 1. The zero-order chi connectivity index (χ0) is 16.9. The van der Waals surface area contributed by atoms with E-state index < -0.39 is 0 Å². The minimum Gasteiger partial charge on any atom is -0.394 e. The molecule has 1 aliphatic rings. The number of carbonyl (C=O) groups excluding carboxylic acids is 1. The summed E-state index contributed by atoms with van der Waals surface area (Å²) in [6.45, 7) is 2.13. The molecular formula is C21H25NO2. The topological polar surface area (TPSA) is 40.5 Å². The third-order valence-electron chi connectivity index (χ3n) is 5.12. The smallest absolute Gasteiger partial charge is 0.223 e. The molecule has 0 spiro atoms. The minimum absolute atomic E-state index is 0.0230. The fourth-order valence-corrected chi connectivity index (χ4v) is 3.89. The molecule has 3 nitrogen and oxygen atoms in total. The first-order valence-corrected chi connectivity index (χ1v) is 8.78. The Labute approximate surface area is 143 Å². The van der Waals surface area contributed by atoms with Crippen molar-refractivity contribution >= 4 is 5.91 Å². The van der Waals surface area contributed by atoms with Crippen LogP contribution in [0.25, 0.3) is 0 Å². The first-order valence-electron chi connectivity index (χ1n) is 8.78. The van der Waals surface area contributed by atoms with Crippen LogP contribution in [0.1, 0.15) is 49.4 Å². The van der Waals surface area contributed by atoms with Gasteiger partial charge in [0.2, 0.25) is 5.91 Å². The monoisotopic (exact) mass is 323 g/mol. The Kier molecular flexibility index (Phi) is 5.31. The number of carbonyl (C=O) groups is 1. The maximum atomic E-state index is 12.8.